The monoisotopic (exact) mass is 331 g/mol. The number of rotatable bonds is 6. The summed E-state index contributed by atoms with van der Waals surface area (Å²) in [7, 11) is 2.10. The normalized spacial score (nSPS) is 12.8. The maximum atomic E-state index is 4.64. The summed E-state index contributed by atoms with van der Waals surface area (Å²) in [6.07, 6.45) is 3.31. The van der Waals surface area contributed by atoms with Crippen LogP contribution in [0.3, 0.4) is 0 Å². The van der Waals surface area contributed by atoms with Gasteiger partial charge in [-0.2, -0.15) is 11.8 Å². The molecule has 18 heavy (non-hydrogen) atoms. The Morgan fingerprint density at radius 1 is 1.33 bits per heavy atom. The minimum Gasteiger partial charge on any atom is -0.357 e. The third kappa shape index (κ3) is 4.43. The highest BCUT2D eigenvalue weighted by molar-refractivity contribution is 9.10. The topological polar surface area (TPSA) is 29.0 Å². The summed E-state index contributed by atoms with van der Waals surface area (Å²) >= 11 is 5.35. The Kier molecular flexibility index (Phi) is 6.43. The van der Waals surface area contributed by atoms with E-state index in [1.165, 1.54) is 5.75 Å². The fourth-order valence-electron chi connectivity index (χ4n) is 1.57. The molecule has 102 valence electrons. The molecule has 0 amide bonds. The highest BCUT2D eigenvalue weighted by Crippen LogP contribution is 2.21. The molecule has 5 heteroatoms. The molecule has 1 unspecified atom stereocenters. The predicted molar refractivity (Wildman–Crippen MR) is 84.7 cm³/mol. The van der Waals surface area contributed by atoms with E-state index < -0.39 is 0 Å². The summed E-state index contributed by atoms with van der Waals surface area (Å²) in [4.78, 5) is 11.3. The van der Waals surface area contributed by atoms with Crippen LogP contribution >= 0.6 is 27.7 Å². The van der Waals surface area contributed by atoms with Crippen LogP contribution in [0.5, 0.6) is 0 Å². The standard InChI is InChI=1S/C13H22BrN3S/c1-9(2)13-15-11(14)8-12(16-13)17(4)10(3)6-7-18-5/h8-10H,6-7H2,1-5H3. The number of hydrogen-bond acceptors (Lipinski definition) is 4. The molecule has 0 fully saturated rings. The molecule has 0 bridgehead atoms. The molecule has 1 aromatic heterocycles. The molecule has 1 rings (SSSR count). The van der Waals surface area contributed by atoms with Gasteiger partial charge in [-0.25, -0.2) is 9.97 Å². The van der Waals surface area contributed by atoms with Crippen molar-refractivity contribution in [3.63, 3.8) is 0 Å². The van der Waals surface area contributed by atoms with E-state index in [0.717, 1.165) is 22.7 Å². The quantitative estimate of drug-likeness (QED) is 0.738. The molecule has 0 N–H and O–H groups in total. The third-order valence-corrected chi connectivity index (χ3v) is 4.03. The Morgan fingerprint density at radius 2 is 2.00 bits per heavy atom. The number of anilines is 1. The second kappa shape index (κ2) is 7.34. The van der Waals surface area contributed by atoms with Gasteiger partial charge in [0.15, 0.2) is 0 Å². The average molecular weight is 332 g/mol. The van der Waals surface area contributed by atoms with Crippen molar-refractivity contribution in [2.45, 2.75) is 39.2 Å². The Labute approximate surface area is 123 Å². The van der Waals surface area contributed by atoms with Gasteiger partial charge in [0.1, 0.15) is 16.2 Å². The van der Waals surface area contributed by atoms with E-state index in [9.17, 15) is 0 Å². The molecule has 1 atom stereocenters. The smallest absolute Gasteiger partial charge is 0.134 e. The molecule has 3 nitrogen and oxygen atoms in total. The van der Waals surface area contributed by atoms with E-state index in [2.05, 4.69) is 64.9 Å². The van der Waals surface area contributed by atoms with Gasteiger partial charge in [-0.15, -0.1) is 0 Å². The molecule has 0 saturated heterocycles. The van der Waals surface area contributed by atoms with Gasteiger partial charge in [-0.05, 0) is 41.3 Å². The zero-order valence-electron chi connectivity index (χ0n) is 11.8. The average Bonchev–Trinajstić information content (AvgIpc) is 2.34. The summed E-state index contributed by atoms with van der Waals surface area (Å²) in [6, 6.07) is 2.47. The highest BCUT2D eigenvalue weighted by Gasteiger charge is 2.14. The van der Waals surface area contributed by atoms with Crippen molar-refractivity contribution in [1.29, 1.82) is 0 Å². The minimum atomic E-state index is 0.344. The zero-order valence-corrected chi connectivity index (χ0v) is 14.2. The predicted octanol–water partition coefficient (Wildman–Crippen LogP) is 3.94. The van der Waals surface area contributed by atoms with Crippen molar-refractivity contribution < 1.29 is 0 Å². The molecule has 0 aliphatic rings. The van der Waals surface area contributed by atoms with Crippen LogP contribution in [-0.2, 0) is 0 Å². The Bertz CT molecular complexity index is 384. The molecular weight excluding hydrogens is 310 g/mol. The second-order valence-electron chi connectivity index (χ2n) is 4.80. The van der Waals surface area contributed by atoms with Gasteiger partial charge in [0.2, 0.25) is 0 Å². The summed E-state index contributed by atoms with van der Waals surface area (Å²) in [6.45, 7) is 6.46. The first-order valence-electron chi connectivity index (χ1n) is 6.22. The summed E-state index contributed by atoms with van der Waals surface area (Å²) in [5, 5.41) is 0. The van der Waals surface area contributed by atoms with E-state index >= 15 is 0 Å². The van der Waals surface area contributed by atoms with Gasteiger partial charge in [-0.3, -0.25) is 0 Å². The van der Waals surface area contributed by atoms with Crippen molar-refractivity contribution in [2.75, 3.05) is 24.0 Å². The number of nitrogens with zero attached hydrogens (tertiary/aromatic N) is 3. The fraction of sp³-hybridized carbons (Fsp3) is 0.692. The van der Waals surface area contributed by atoms with E-state index in [1.807, 2.05) is 17.8 Å². The first kappa shape index (κ1) is 15.8. The van der Waals surface area contributed by atoms with Gasteiger partial charge in [-0.1, -0.05) is 13.8 Å². The third-order valence-electron chi connectivity index (χ3n) is 2.98. The van der Waals surface area contributed by atoms with Gasteiger partial charge in [0.05, 0.1) is 0 Å². The lowest BCUT2D eigenvalue weighted by atomic mass is 10.2. The first-order valence-corrected chi connectivity index (χ1v) is 8.40. The maximum Gasteiger partial charge on any atom is 0.134 e. The van der Waals surface area contributed by atoms with Crippen molar-refractivity contribution in [2.24, 2.45) is 0 Å². The van der Waals surface area contributed by atoms with Crippen molar-refractivity contribution in [3.05, 3.63) is 16.5 Å². The first-order chi connectivity index (χ1) is 8.45. The summed E-state index contributed by atoms with van der Waals surface area (Å²) in [5.41, 5.74) is 0. The molecule has 0 spiro atoms. The highest BCUT2D eigenvalue weighted by atomic mass is 79.9. The van der Waals surface area contributed by atoms with E-state index in [-0.39, 0.29) is 0 Å². The molecular formula is C13H22BrN3S. The Balaban J connectivity index is 2.87. The summed E-state index contributed by atoms with van der Waals surface area (Å²) < 4.78 is 0.861. The van der Waals surface area contributed by atoms with E-state index in [4.69, 9.17) is 0 Å². The molecule has 1 aromatic rings. The van der Waals surface area contributed by atoms with Crippen LogP contribution in [-0.4, -0.2) is 35.1 Å². The van der Waals surface area contributed by atoms with Gasteiger partial charge < -0.3 is 4.90 Å². The molecule has 0 saturated carbocycles. The van der Waals surface area contributed by atoms with Crippen LogP contribution in [0.1, 0.15) is 38.9 Å². The molecule has 0 radical (unpaired) electrons. The van der Waals surface area contributed by atoms with Crippen LogP contribution in [0.2, 0.25) is 0 Å². The van der Waals surface area contributed by atoms with Crippen molar-refractivity contribution in [3.8, 4) is 0 Å². The molecule has 0 aliphatic heterocycles. The lowest BCUT2D eigenvalue weighted by Gasteiger charge is -2.26. The molecule has 0 aromatic carbocycles. The van der Waals surface area contributed by atoms with Crippen LogP contribution in [0.4, 0.5) is 5.82 Å². The number of halogens is 1. The lowest BCUT2D eigenvalue weighted by Crippen LogP contribution is -2.30. The van der Waals surface area contributed by atoms with E-state index in [0.29, 0.717) is 12.0 Å². The second-order valence-corrected chi connectivity index (χ2v) is 6.60. The van der Waals surface area contributed by atoms with Gasteiger partial charge in [0, 0.05) is 25.1 Å². The van der Waals surface area contributed by atoms with Crippen molar-refractivity contribution >= 4 is 33.5 Å². The Morgan fingerprint density at radius 3 is 2.56 bits per heavy atom. The number of thioether (sulfide) groups is 1. The molecule has 0 aliphatic carbocycles. The van der Waals surface area contributed by atoms with Crippen LogP contribution < -0.4 is 4.90 Å². The van der Waals surface area contributed by atoms with Crippen LogP contribution in [0.15, 0.2) is 10.7 Å². The van der Waals surface area contributed by atoms with Gasteiger partial charge >= 0.3 is 0 Å². The minimum absolute atomic E-state index is 0.344. The van der Waals surface area contributed by atoms with E-state index in [1.54, 1.807) is 0 Å². The van der Waals surface area contributed by atoms with Gasteiger partial charge in [0.25, 0.3) is 0 Å². The van der Waals surface area contributed by atoms with Crippen LogP contribution in [0, 0.1) is 0 Å². The fourth-order valence-corrected chi connectivity index (χ4v) is 2.53. The van der Waals surface area contributed by atoms with Crippen LogP contribution in [0.25, 0.3) is 0 Å². The zero-order chi connectivity index (χ0) is 13.7. The molecule has 1 heterocycles. The summed E-state index contributed by atoms with van der Waals surface area (Å²) in [5.74, 6) is 3.41. The lowest BCUT2D eigenvalue weighted by molar-refractivity contribution is 0.654. The Hall–Kier alpha value is -0.290. The van der Waals surface area contributed by atoms with Crippen molar-refractivity contribution in [1.82, 2.24) is 9.97 Å². The maximum absolute atomic E-state index is 4.64. The number of aromatic nitrogens is 2. The number of hydrogen-bond donors (Lipinski definition) is 0. The largest absolute Gasteiger partial charge is 0.357 e. The SMILES string of the molecule is CSCCC(C)N(C)c1cc(Br)nc(C(C)C)n1.